The van der Waals surface area contributed by atoms with Crippen molar-refractivity contribution in [3.8, 4) is 11.1 Å². The molecule has 1 aliphatic rings. The fourth-order valence-corrected chi connectivity index (χ4v) is 3.03. The molecule has 6 heteroatoms. The van der Waals surface area contributed by atoms with Gasteiger partial charge in [-0.25, -0.2) is 5.32 Å². The van der Waals surface area contributed by atoms with Gasteiger partial charge in [0.05, 0.1) is 10.6 Å². The minimum Gasteiger partial charge on any atom is -0.441 e. The molecule has 0 aromatic heterocycles. The lowest BCUT2D eigenvalue weighted by Crippen LogP contribution is -2.41. The van der Waals surface area contributed by atoms with Crippen LogP contribution in [-0.2, 0) is 15.4 Å². The average molecular weight is 357 g/mol. The first-order valence-electron chi connectivity index (χ1n) is 6.51. The average Bonchev–Trinajstić information content (AvgIpc) is 2.99. The molecule has 0 spiro atoms. The Hall–Kier alpha value is -1.39. The number of nitrogens with one attached hydrogen (secondary N) is 1. The second-order valence-electron chi connectivity index (χ2n) is 4.69. The summed E-state index contributed by atoms with van der Waals surface area (Å²) in [5, 5.41) is 4.68. The molecule has 2 aromatic carbocycles. The summed E-state index contributed by atoms with van der Waals surface area (Å²) in [4.78, 5) is 0. The van der Waals surface area contributed by atoms with Crippen LogP contribution >= 0.6 is 34.8 Å². The third-order valence-corrected chi connectivity index (χ3v) is 4.29. The van der Waals surface area contributed by atoms with Gasteiger partial charge in [-0.1, -0.05) is 40.9 Å². The molecule has 0 amide bonds. The van der Waals surface area contributed by atoms with Crippen molar-refractivity contribution in [2.75, 3.05) is 7.05 Å². The van der Waals surface area contributed by atoms with Gasteiger partial charge in [-0.15, -0.1) is 0 Å². The number of ether oxygens (including phenoxy) is 2. The zero-order valence-electron chi connectivity index (χ0n) is 11.6. The normalized spacial score (nSPS) is 15.5. The topological polar surface area (TPSA) is 30.5 Å². The number of benzene rings is 2. The van der Waals surface area contributed by atoms with Gasteiger partial charge in [0.1, 0.15) is 12.5 Å². The van der Waals surface area contributed by atoms with E-state index in [0.717, 1.165) is 11.1 Å². The van der Waals surface area contributed by atoms with Crippen molar-refractivity contribution in [1.82, 2.24) is 5.32 Å². The van der Waals surface area contributed by atoms with E-state index in [4.69, 9.17) is 44.3 Å². The van der Waals surface area contributed by atoms with E-state index in [0.29, 0.717) is 20.6 Å². The van der Waals surface area contributed by atoms with Gasteiger partial charge >= 0.3 is 5.91 Å². The Kier molecular flexibility index (Phi) is 4.24. The Labute approximate surface area is 143 Å². The Bertz CT molecular complexity index is 738. The largest absolute Gasteiger partial charge is 0.441 e. The summed E-state index contributed by atoms with van der Waals surface area (Å²) in [6.45, 7) is 0. The first-order chi connectivity index (χ1) is 10.6. The molecule has 2 aromatic rings. The molecule has 1 heterocycles. The highest BCUT2D eigenvalue weighted by atomic mass is 35.5. The maximum absolute atomic E-state index is 6.42. The molecule has 22 heavy (non-hydrogen) atoms. The Morgan fingerprint density at radius 2 is 1.64 bits per heavy atom. The summed E-state index contributed by atoms with van der Waals surface area (Å²) in [7, 11) is 1.73. The van der Waals surface area contributed by atoms with Crippen LogP contribution in [0.25, 0.3) is 11.1 Å². The molecule has 0 bridgehead atoms. The molecule has 3 rings (SSSR count). The highest BCUT2D eigenvalue weighted by Crippen LogP contribution is 2.38. The van der Waals surface area contributed by atoms with Crippen LogP contribution in [0.3, 0.4) is 0 Å². The van der Waals surface area contributed by atoms with Crippen LogP contribution in [0.2, 0.25) is 15.1 Å². The molecule has 1 aliphatic heterocycles. The fraction of sp³-hybridized carbons (Fsp3) is 0.125. The SMILES string of the molecule is CNC1(c2ccc(-c3cc(Cl)ccc3Cl)cc2Cl)OC=CO1. The van der Waals surface area contributed by atoms with Crippen molar-refractivity contribution in [2.45, 2.75) is 5.91 Å². The fourth-order valence-electron chi connectivity index (χ4n) is 2.32. The monoisotopic (exact) mass is 355 g/mol. The maximum Gasteiger partial charge on any atom is 0.342 e. The van der Waals surface area contributed by atoms with Crippen LogP contribution < -0.4 is 5.32 Å². The van der Waals surface area contributed by atoms with Gasteiger partial charge < -0.3 is 9.47 Å². The lowest BCUT2D eigenvalue weighted by molar-refractivity contribution is -0.170. The van der Waals surface area contributed by atoms with E-state index < -0.39 is 5.91 Å². The Morgan fingerprint density at radius 1 is 0.909 bits per heavy atom. The first-order valence-corrected chi connectivity index (χ1v) is 7.64. The van der Waals surface area contributed by atoms with Crippen molar-refractivity contribution in [3.63, 3.8) is 0 Å². The molecular weight excluding hydrogens is 345 g/mol. The van der Waals surface area contributed by atoms with Crippen molar-refractivity contribution in [2.24, 2.45) is 0 Å². The van der Waals surface area contributed by atoms with Crippen molar-refractivity contribution >= 4 is 34.8 Å². The molecular formula is C16H12Cl3NO2. The third-order valence-electron chi connectivity index (χ3n) is 3.42. The molecule has 0 saturated heterocycles. The second kappa shape index (κ2) is 6.01. The lowest BCUT2D eigenvalue weighted by atomic mass is 10.0. The van der Waals surface area contributed by atoms with Crippen LogP contribution in [0, 0.1) is 0 Å². The van der Waals surface area contributed by atoms with Gasteiger partial charge in [0.2, 0.25) is 0 Å². The van der Waals surface area contributed by atoms with Crippen LogP contribution in [-0.4, -0.2) is 7.05 Å². The van der Waals surface area contributed by atoms with E-state index in [2.05, 4.69) is 5.32 Å². The predicted octanol–water partition coefficient (Wildman–Crippen LogP) is 5.16. The first kappa shape index (κ1) is 15.5. The molecule has 0 fully saturated rings. The van der Waals surface area contributed by atoms with E-state index in [1.807, 2.05) is 12.1 Å². The highest BCUT2D eigenvalue weighted by molar-refractivity contribution is 6.35. The Balaban J connectivity index is 2.04. The van der Waals surface area contributed by atoms with Crippen LogP contribution in [0.5, 0.6) is 0 Å². The zero-order chi connectivity index (χ0) is 15.7. The van der Waals surface area contributed by atoms with Crippen molar-refractivity contribution in [1.29, 1.82) is 0 Å². The zero-order valence-corrected chi connectivity index (χ0v) is 13.8. The quantitative estimate of drug-likeness (QED) is 0.824. The van der Waals surface area contributed by atoms with Gasteiger partial charge in [0, 0.05) is 15.6 Å². The molecule has 0 saturated carbocycles. The van der Waals surface area contributed by atoms with Gasteiger partial charge in [0.15, 0.2) is 0 Å². The van der Waals surface area contributed by atoms with E-state index in [9.17, 15) is 0 Å². The highest BCUT2D eigenvalue weighted by Gasteiger charge is 2.38. The van der Waals surface area contributed by atoms with E-state index >= 15 is 0 Å². The second-order valence-corrected chi connectivity index (χ2v) is 5.94. The molecule has 1 N–H and O–H groups in total. The smallest absolute Gasteiger partial charge is 0.342 e. The maximum atomic E-state index is 6.42. The summed E-state index contributed by atoms with van der Waals surface area (Å²) >= 11 is 18.7. The van der Waals surface area contributed by atoms with Gasteiger partial charge in [-0.05, 0) is 42.9 Å². The summed E-state index contributed by atoms with van der Waals surface area (Å²) < 4.78 is 11.0. The molecule has 0 atom stereocenters. The summed E-state index contributed by atoms with van der Waals surface area (Å²) in [5.41, 5.74) is 2.34. The lowest BCUT2D eigenvalue weighted by Gasteiger charge is -2.28. The summed E-state index contributed by atoms with van der Waals surface area (Å²) in [6, 6.07) is 10.8. The van der Waals surface area contributed by atoms with Gasteiger partial charge in [-0.2, -0.15) is 0 Å². The van der Waals surface area contributed by atoms with Gasteiger partial charge in [-0.3, -0.25) is 0 Å². The number of rotatable bonds is 3. The van der Waals surface area contributed by atoms with Crippen molar-refractivity contribution in [3.05, 3.63) is 69.6 Å². The number of hydrogen-bond donors (Lipinski definition) is 1. The third kappa shape index (κ3) is 2.66. The standard InChI is InChI=1S/C16H12Cl3NO2/c1-20-16(21-6-7-22-16)13-4-2-10(8-15(13)19)12-9-11(17)3-5-14(12)18/h2-9,20H,1H3. The van der Waals surface area contributed by atoms with E-state index in [1.165, 1.54) is 12.5 Å². The summed E-state index contributed by atoms with van der Waals surface area (Å²) in [6.07, 6.45) is 2.93. The molecule has 3 nitrogen and oxygen atoms in total. The van der Waals surface area contributed by atoms with Crippen molar-refractivity contribution < 1.29 is 9.47 Å². The minimum absolute atomic E-state index is 0.492. The van der Waals surface area contributed by atoms with Crippen LogP contribution in [0.15, 0.2) is 48.9 Å². The van der Waals surface area contributed by atoms with E-state index in [-0.39, 0.29) is 0 Å². The van der Waals surface area contributed by atoms with E-state index in [1.54, 1.807) is 31.3 Å². The van der Waals surface area contributed by atoms with Gasteiger partial charge in [0.25, 0.3) is 0 Å². The van der Waals surface area contributed by atoms with Crippen LogP contribution in [0.4, 0.5) is 0 Å². The molecule has 0 radical (unpaired) electrons. The molecule has 0 aliphatic carbocycles. The number of hydrogen-bond acceptors (Lipinski definition) is 3. The Morgan fingerprint density at radius 3 is 2.27 bits per heavy atom. The van der Waals surface area contributed by atoms with Crippen LogP contribution in [0.1, 0.15) is 5.56 Å². The summed E-state index contributed by atoms with van der Waals surface area (Å²) in [5.74, 6) is -1.10. The molecule has 0 unspecified atom stereocenters. The predicted molar refractivity (Wildman–Crippen MR) is 89.0 cm³/mol. The minimum atomic E-state index is -1.10. The number of halogens is 3. The molecule has 114 valence electrons.